The van der Waals surface area contributed by atoms with Gasteiger partial charge in [-0.25, -0.2) is 4.98 Å². The molecule has 0 aliphatic rings. The van der Waals surface area contributed by atoms with E-state index in [1.807, 2.05) is 12.1 Å². The quantitative estimate of drug-likeness (QED) is 0.523. The number of nitrogens with zero attached hydrogens (tertiary/aromatic N) is 1. The van der Waals surface area contributed by atoms with E-state index in [2.05, 4.69) is 27.8 Å². The van der Waals surface area contributed by atoms with Crippen LogP contribution in [-0.4, -0.2) is 15.7 Å². The van der Waals surface area contributed by atoms with Gasteiger partial charge >= 0.3 is 0 Å². The van der Waals surface area contributed by atoms with Gasteiger partial charge < -0.3 is 5.73 Å². The highest BCUT2D eigenvalue weighted by molar-refractivity contribution is 9.10. The van der Waals surface area contributed by atoms with Gasteiger partial charge in [-0.2, -0.15) is 0 Å². The highest BCUT2D eigenvalue weighted by Crippen LogP contribution is 2.20. The second-order valence-electron chi connectivity index (χ2n) is 2.31. The van der Waals surface area contributed by atoms with Gasteiger partial charge in [0.1, 0.15) is 9.59 Å². The number of hydrogen-bond acceptors (Lipinski definition) is 3. The van der Waals surface area contributed by atoms with Crippen molar-refractivity contribution in [2.24, 2.45) is 5.73 Å². The smallest absolute Gasteiger partial charge is 0.108 e. The van der Waals surface area contributed by atoms with Crippen LogP contribution in [0.15, 0.2) is 21.8 Å². The summed E-state index contributed by atoms with van der Waals surface area (Å²) in [6, 6.07) is 3.73. The third-order valence-corrected chi connectivity index (χ3v) is 2.78. The molecule has 0 unspecified atom stereocenters. The molecule has 1 rings (SSSR count). The highest BCUT2D eigenvalue weighted by atomic mass is 79.9. The van der Waals surface area contributed by atoms with E-state index >= 15 is 0 Å². The molecule has 2 N–H and O–H groups in total. The van der Waals surface area contributed by atoms with Gasteiger partial charge in [0.15, 0.2) is 0 Å². The van der Waals surface area contributed by atoms with Gasteiger partial charge in [-0.15, -0.1) is 11.8 Å². The normalized spacial score (nSPS) is 10.0. The van der Waals surface area contributed by atoms with Crippen LogP contribution in [0.1, 0.15) is 12.5 Å². The Morgan fingerprint density at radius 1 is 1.69 bits per heavy atom. The Kier molecular flexibility index (Phi) is 4.15. The van der Waals surface area contributed by atoms with E-state index in [1.54, 1.807) is 11.8 Å². The standard InChI is InChI=1S/C8H9BrN2S2/c1-2-13-7-4-5(8(10)12)3-6(9)11-7/h3-4H,2H2,1H3,(H2,10,12). The van der Waals surface area contributed by atoms with Gasteiger partial charge in [0, 0.05) is 5.56 Å². The molecular weight excluding hydrogens is 268 g/mol. The lowest BCUT2D eigenvalue weighted by Gasteiger charge is -2.02. The molecule has 0 spiro atoms. The fourth-order valence-electron chi connectivity index (χ4n) is 0.837. The van der Waals surface area contributed by atoms with Crippen molar-refractivity contribution in [3.63, 3.8) is 0 Å². The molecule has 0 amide bonds. The molecule has 0 saturated heterocycles. The number of aromatic nitrogens is 1. The molecule has 1 aromatic heterocycles. The van der Waals surface area contributed by atoms with Gasteiger partial charge in [-0.3, -0.25) is 0 Å². The van der Waals surface area contributed by atoms with Crippen molar-refractivity contribution in [3.05, 3.63) is 22.3 Å². The van der Waals surface area contributed by atoms with Crippen molar-refractivity contribution in [1.82, 2.24) is 4.98 Å². The van der Waals surface area contributed by atoms with Gasteiger partial charge in [-0.05, 0) is 33.8 Å². The minimum atomic E-state index is 0.404. The molecule has 0 aromatic carbocycles. The zero-order valence-electron chi connectivity index (χ0n) is 7.08. The highest BCUT2D eigenvalue weighted by Gasteiger charge is 2.02. The predicted octanol–water partition coefficient (Wildman–Crippen LogP) is 2.59. The Hall–Kier alpha value is -0.130. The molecule has 0 atom stereocenters. The summed E-state index contributed by atoms with van der Waals surface area (Å²) < 4.78 is 0.772. The van der Waals surface area contributed by atoms with Crippen molar-refractivity contribution in [3.8, 4) is 0 Å². The lowest BCUT2D eigenvalue weighted by Crippen LogP contribution is -2.09. The molecule has 0 aliphatic carbocycles. The van der Waals surface area contributed by atoms with Crippen LogP contribution in [0, 0.1) is 0 Å². The first-order chi connectivity index (χ1) is 6.13. The molecule has 0 saturated carbocycles. The third kappa shape index (κ3) is 3.25. The average Bonchev–Trinajstić information content (AvgIpc) is 2.03. The van der Waals surface area contributed by atoms with Crippen LogP contribution in [0.4, 0.5) is 0 Å². The number of nitrogens with two attached hydrogens (primary N) is 1. The lowest BCUT2D eigenvalue weighted by atomic mass is 10.3. The van der Waals surface area contributed by atoms with Crippen molar-refractivity contribution < 1.29 is 0 Å². The Labute approximate surface area is 95.4 Å². The molecule has 0 bridgehead atoms. The number of hydrogen-bond donors (Lipinski definition) is 1. The van der Waals surface area contributed by atoms with E-state index in [1.165, 1.54) is 0 Å². The van der Waals surface area contributed by atoms with Crippen LogP contribution in [0.25, 0.3) is 0 Å². The zero-order chi connectivity index (χ0) is 9.84. The topological polar surface area (TPSA) is 38.9 Å². The third-order valence-electron chi connectivity index (χ3n) is 1.35. The Bertz CT molecular complexity index is 328. The van der Waals surface area contributed by atoms with Crippen LogP contribution in [0.2, 0.25) is 0 Å². The van der Waals surface area contributed by atoms with Gasteiger partial charge in [0.25, 0.3) is 0 Å². The first-order valence-electron chi connectivity index (χ1n) is 3.73. The van der Waals surface area contributed by atoms with Crippen LogP contribution < -0.4 is 5.73 Å². The summed E-state index contributed by atoms with van der Waals surface area (Å²) >= 11 is 9.86. The van der Waals surface area contributed by atoms with Crippen LogP contribution >= 0.6 is 39.9 Å². The van der Waals surface area contributed by atoms with Gasteiger partial charge in [0.05, 0.1) is 5.03 Å². The van der Waals surface area contributed by atoms with Crippen molar-refractivity contribution in [2.75, 3.05) is 5.75 Å². The number of thiocarbonyl (C=S) groups is 1. The molecule has 1 aromatic rings. The maximum absolute atomic E-state index is 5.52. The van der Waals surface area contributed by atoms with E-state index in [0.29, 0.717) is 4.99 Å². The van der Waals surface area contributed by atoms with Gasteiger partial charge in [-0.1, -0.05) is 19.1 Å². The molecule has 0 radical (unpaired) electrons. The van der Waals surface area contributed by atoms with Crippen molar-refractivity contribution >= 4 is 44.9 Å². The fraction of sp³-hybridized carbons (Fsp3) is 0.250. The first kappa shape index (κ1) is 10.9. The minimum Gasteiger partial charge on any atom is -0.389 e. The summed E-state index contributed by atoms with van der Waals surface area (Å²) in [5.41, 5.74) is 6.38. The summed E-state index contributed by atoms with van der Waals surface area (Å²) in [6.07, 6.45) is 0. The van der Waals surface area contributed by atoms with E-state index in [0.717, 1.165) is 20.9 Å². The van der Waals surface area contributed by atoms with E-state index in [-0.39, 0.29) is 0 Å². The Morgan fingerprint density at radius 2 is 2.38 bits per heavy atom. The molecule has 0 fully saturated rings. The minimum absolute atomic E-state index is 0.404. The van der Waals surface area contributed by atoms with Crippen LogP contribution in [-0.2, 0) is 0 Å². The molecule has 1 heterocycles. The van der Waals surface area contributed by atoms with Crippen LogP contribution in [0.3, 0.4) is 0 Å². The fourth-order valence-corrected chi connectivity index (χ4v) is 2.18. The molecule has 5 heteroatoms. The molecule has 2 nitrogen and oxygen atoms in total. The number of thioether (sulfide) groups is 1. The van der Waals surface area contributed by atoms with Crippen LogP contribution in [0.5, 0.6) is 0 Å². The average molecular weight is 277 g/mol. The molecule has 13 heavy (non-hydrogen) atoms. The Morgan fingerprint density at radius 3 is 2.92 bits per heavy atom. The summed E-state index contributed by atoms with van der Waals surface area (Å²) in [5, 5.41) is 0.944. The number of rotatable bonds is 3. The zero-order valence-corrected chi connectivity index (χ0v) is 10.3. The second kappa shape index (κ2) is 4.93. The SMILES string of the molecule is CCSc1cc(C(N)=S)cc(Br)n1. The summed E-state index contributed by atoms with van der Waals surface area (Å²) in [4.78, 5) is 4.67. The maximum atomic E-state index is 5.52. The van der Waals surface area contributed by atoms with Crippen molar-refractivity contribution in [1.29, 1.82) is 0 Å². The van der Waals surface area contributed by atoms with Gasteiger partial charge in [0.2, 0.25) is 0 Å². The first-order valence-corrected chi connectivity index (χ1v) is 5.92. The van der Waals surface area contributed by atoms with E-state index in [4.69, 9.17) is 18.0 Å². The second-order valence-corrected chi connectivity index (χ2v) is 4.85. The summed E-state index contributed by atoms with van der Waals surface area (Å²) in [6.45, 7) is 2.08. The number of halogens is 1. The maximum Gasteiger partial charge on any atom is 0.108 e. The lowest BCUT2D eigenvalue weighted by molar-refractivity contribution is 1.10. The largest absolute Gasteiger partial charge is 0.389 e. The molecular formula is C8H9BrN2S2. The molecule has 70 valence electrons. The number of pyridine rings is 1. The van der Waals surface area contributed by atoms with E-state index < -0.39 is 0 Å². The van der Waals surface area contributed by atoms with Crippen molar-refractivity contribution in [2.45, 2.75) is 11.9 Å². The Balaban J connectivity index is 3.03. The predicted molar refractivity (Wildman–Crippen MR) is 64.2 cm³/mol. The van der Waals surface area contributed by atoms with E-state index in [9.17, 15) is 0 Å². The summed E-state index contributed by atoms with van der Waals surface area (Å²) in [7, 11) is 0. The monoisotopic (exact) mass is 276 g/mol. The summed E-state index contributed by atoms with van der Waals surface area (Å²) in [5.74, 6) is 0.986. The molecule has 0 aliphatic heterocycles.